The number of hydrogen-bond acceptors (Lipinski definition) is 5. The first-order valence-electron chi connectivity index (χ1n) is 8.39. The van der Waals surface area contributed by atoms with Gasteiger partial charge in [0, 0.05) is 19.4 Å². The SMILES string of the molecule is Cc1noc(CCCC(=O)N2C[C@H](C)O[C@@H](c3ccccc3)C2)n1. The van der Waals surface area contributed by atoms with Gasteiger partial charge in [0.15, 0.2) is 5.82 Å². The van der Waals surface area contributed by atoms with Crippen LogP contribution in [-0.2, 0) is 16.0 Å². The lowest BCUT2D eigenvalue weighted by atomic mass is 10.1. The molecular weight excluding hydrogens is 306 g/mol. The Morgan fingerprint density at radius 3 is 2.79 bits per heavy atom. The second-order valence-electron chi connectivity index (χ2n) is 6.23. The highest BCUT2D eigenvalue weighted by Crippen LogP contribution is 2.25. The van der Waals surface area contributed by atoms with Crippen molar-refractivity contribution in [1.29, 1.82) is 0 Å². The predicted molar refractivity (Wildman–Crippen MR) is 88.3 cm³/mol. The maximum absolute atomic E-state index is 12.5. The average Bonchev–Trinajstić information content (AvgIpc) is 3.00. The van der Waals surface area contributed by atoms with Gasteiger partial charge in [-0.1, -0.05) is 35.5 Å². The van der Waals surface area contributed by atoms with Gasteiger partial charge in [-0.15, -0.1) is 0 Å². The minimum atomic E-state index is -0.0579. The highest BCUT2D eigenvalue weighted by atomic mass is 16.5. The molecule has 1 amide bonds. The molecule has 0 aliphatic carbocycles. The number of carbonyl (C=O) groups excluding carboxylic acids is 1. The summed E-state index contributed by atoms with van der Waals surface area (Å²) >= 11 is 0. The van der Waals surface area contributed by atoms with Crippen LogP contribution in [0.15, 0.2) is 34.9 Å². The normalized spacial score (nSPS) is 21.0. The highest BCUT2D eigenvalue weighted by Gasteiger charge is 2.28. The Hall–Kier alpha value is -2.21. The first kappa shape index (κ1) is 16.6. The summed E-state index contributed by atoms with van der Waals surface area (Å²) in [5.74, 6) is 1.38. The van der Waals surface area contributed by atoms with Crippen molar-refractivity contribution in [3.05, 3.63) is 47.6 Å². The molecule has 6 heteroatoms. The predicted octanol–water partition coefficient (Wildman–Crippen LogP) is 2.69. The van der Waals surface area contributed by atoms with Gasteiger partial charge >= 0.3 is 0 Å². The highest BCUT2D eigenvalue weighted by molar-refractivity contribution is 5.76. The van der Waals surface area contributed by atoms with E-state index in [2.05, 4.69) is 10.1 Å². The van der Waals surface area contributed by atoms with Crippen LogP contribution < -0.4 is 0 Å². The molecule has 128 valence electrons. The van der Waals surface area contributed by atoms with Crippen molar-refractivity contribution in [3.8, 4) is 0 Å². The molecular formula is C18H23N3O3. The number of aromatic nitrogens is 2. The Kier molecular flexibility index (Phi) is 5.25. The monoisotopic (exact) mass is 329 g/mol. The molecule has 0 N–H and O–H groups in total. The summed E-state index contributed by atoms with van der Waals surface area (Å²) in [6.07, 6.45) is 1.80. The molecule has 6 nitrogen and oxygen atoms in total. The van der Waals surface area contributed by atoms with E-state index in [0.29, 0.717) is 44.1 Å². The molecule has 3 rings (SSSR count). The van der Waals surface area contributed by atoms with Gasteiger partial charge in [-0.25, -0.2) is 0 Å². The van der Waals surface area contributed by atoms with Crippen molar-refractivity contribution >= 4 is 5.91 Å². The maximum Gasteiger partial charge on any atom is 0.226 e. The van der Waals surface area contributed by atoms with Gasteiger partial charge in [0.2, 0.25) is 11.8 Å². The number of aryl methyl sites for hydroxylation is 2. The molecule has 1 aliphatic heterocycles. The molecule has 2 heterocycles. The molecule has 2 atom stereocenters. The zero-order chi connectivity index (χ0) is 16.9. The van der Waals surface area contributed by atoms with Crippen LogP contribution in [0, 0.1) is 6.92 Å². The van der Waals surface area contributed by atoms with Crippen LogP contribution in [0.25, 0.3) is 0 Å². The number of benzene rings is 1. The molecule has 24 heavy (non-hydrogen) atoms. The molecule has 1 fully saturated rings. The molecule has 1 aromatic heterocycles. The van der Waals surface area contributed by atoms with Crippen molar-refractivity contribution in [3.63, 3.8) is 0 Å². The summed E-state index contributed by atoms with van der Waals surface area (Å²) in [5, 5.41) is 3.76. The lowest BCUT2D eigenvalue weighted by Gasteiger charge is -2.37. The summed E-state index contributed by atoms with van der Waals surface area (Å²) < 4.78 is 11.1. The Morgan fingerprint density at radius 2 is 2.08 bits per heavy atom. The fourth-order valence-electron chi connectivity index (χ4n) is 3.00. The third kappa shape index (κ3) is 4.20. The number of rotatable bonds is 5. The van der Waals surface area contributed by atoms with Crippen molar-refractivity contribution in [1.82, 2.24) is 15.0 Å². The molecule has 2 aromatic rings. The maximum atomic E-state index is 12.5. The van der Waals surface area contributed by atoms with Crippen molar-refractivity contribution in [2.24, 2.45) is 0 Å². The summed E-state index contributed by atoms with van der Waals surface area (Å²) in [4.78, 5) is 18.6. The quantitative estimate of drug-likeness (QED) is 0.843. The van der Waals surface area contributed by atoms with E-state index >= 15 is 0 Å². The van der Waals surface area contributed by atoms with Crippen molar-refractivity contribution < 1.29 is 14.1 Å². The lowest BCUT2D eigenvalue weighted by molar-refractivity contribution is -0.145. The van der Waals surface area contributed by atoms with Gasteiger partial charge in [-0.05, 0) is 25.8 Å². The Morgan fingerprint density at radius 1 is 1.29 bits per heavy atom. The minimum absolute atomic E-state index is 0.0338. The molecule has 1 aliphatic rings. The zero-order valence-electron chi connectivity index (χ0n) is 14.1. The summed E-state index contributed by atoms with van der Waals surface area (Å²) in [6, 6.07) is 10.1. The zero-order valence-corrected chi connectivity index (χ0v) is 14.1. The fraction of sp³-hybridized carbons (Fsp3) is 0.500. The second kappa shape index (κ2) is 7.57. The number of morpholine rings is 1. The van der Waals surface area contributed by atoms with Crippen LogP contribution in [0.4, 0.5) is 0 Å². The van der Waals surface area contributed by atoms with Gasteiger partial charge < -0.3 is 14.2 Å². The van der Waals surface area contributed by atoms with E-state index in [1.54, 1.807) is 6.92 Å². The standard InChI is InChI=1S/C18H23N3O3/c1-13-11-21(12-16(23-13)15-7-4-3-5-8-15)18(22)10-6-9-17-19-14(2)20-24-17/h3-5,7-8,13,16H,6,9-12H2,1-2H3/t13-,16+/m0/s1. The van der Waals surface area contributed by atoms with Gasteiger partial charge in [0.05, 0.1) is 12.6 Å². The average molecular weight is 329 g/mol. The fourth-order valence-corrected chi connectivity index (χ4v) is 3.00. The van der Waals surface area contributed by atoms with E-state index < -0.39 is 0 Å². The van der Waals surface area contributed by atoms with Crippen LogP contribution in [-0.4, -0.2) is 40.1 Å². The van der Waals surface area contributed by atoms with Crippen LogP contribution in [0.1, 0.15) is 43.1 Å². The second-order valence-corrected chi connectivity index (χ2v) is 6.23. The topological polar surface area (TPSA) is 68.5 Å². The lowest BCUT2D eigenvalue weighted by Crippen LogP contribution is -2.45. The van der Waals surface area contributed by atoms with Crippen LogP contribution in [0.3, 0.4) is 0 Å². The van der Waals surface area contributed by atoms with E-state index in [0.717, 1.165) is 5.56 Å². The van der Waals surface area contributed by atoms with Crippen molar-refractivity contribution in [2.45, 2.75) is 45.3 Å². The third-order valence-electron chi connectivity index (χ3n) is 4.14. The first-order valence-corrected chi connectivity index (χ1v) is 8.39. The molecule has 0 radical (unpaired) electrons. The number of hydrogen-bond donors (Lipinski definition) is 0. The van der Waals surface area contributed by atoms with E-state index in [9.17, 15) is 4.79 Å². The van der Waals surface area contributed by atoms with E-state index in [4.69, 9.17) is 9.26 Å². The van der Waals surface area contributed by atoms with Gasteiger partial charge in [0.1, 0.15) is 6.10 Å². The Balaban J connectivity index is 1.53. The summed E-state index contributed by atoms with van der Waals surface area (Å²) in [5.41, 5.74) is 1.11. The Labute approximate surface area is 141 Å². The largest absolute Gasteiger partial charge is 0.367 e. The minimum Gasteiger partial charge on any atom is -0.367 e. The van der Waals surface area contributed by atoms with E-state index in [-0.39, 0.29) is 18.1 Å². The van der Waals surface area contributed by atoms with Crippen LogP contribution >= 0.6 is 0 Å². The van der Waals surface area contributed by atoms with Gasteiger partial charge in [-0.2, -0.15) is 4.98 Å². The van der Waals surface area contributed by atoms with Gasteiger partial charge in [0.25, 0.3) is 0 Å². The molecule has 1 aromatic carbocycles. The number of ether oxygens (including phenoxy) is 1. The smallest absolute Gasteiger partial charge is 0.226 e. The first-order chi connectivity index (χ1) is 11.6. The molecule has 1 saturated heterocycles. The molecule has 0 saturated carbocycles. The van der Waals surface area contributed by atoms with E-state index in [1.165, 1.54) is 0 Å². The van der Waals surface area contributed by atoms with Crippen molar-refractivity contribution in [2.75, 3.05) is 13.1 Å². The summed E-state index contributed by atoms with van der Waals surface area (Å²) in [6.45, 7) is 5.04. The molecule has 0 spiro atoms. The van der Waals surface area contributed by atoms with E-state index in [1.807, 2.05) is 42.2 Å². The Bertz CT molecular complexity index is 671. The number of nitrogens with zero attached hydrogens (tertiary/aromatic N) is 3. The van der Waals surface area contributed by atoms with Crippen LogP contribution in [0.5, 0.6) is 0 Å². The van der Waals surface area contributed by atoms with Crippen LogP contribution in [0.2, 0.25) is 0 Å². The molecule has 0 bridgehead atoms. The third-order valence-corrected chi connectivity index (χ3v) is 4.14. The number of carbonyl (C=O) groups is 1. The summed E-state index contributed by atoms with van der Waals surface area (Å²) in [7, 11) is 0. The molecule has 0 unspecified atom stereocenters. The van der Waals surface area contributed by atoms with Gasteiger partial charge in [-0.3, -0.25) is 4.79 Å². The number of amides is 1.